The number of thiophene rings is 1. The third-order valence-electron chi connectivity index (χ3n) is 5.64. The third kappa shape index (κ3) is 5.23. The van der Waals surface area contributed by atoms with Gasteiger partial charge in [-0.25, -0.2) is 4.98 Å². The van der Waals surface area contributed by atoms with E-state index in [-0.39, 0.29) is 24.1 Å². The van der Waals surface area contributed by atoms with Gasteiger partial charge in [-0.1, -0.05) is 13.0 Å². The minimum absolute atomic E-state index is 0.0676. The number of anilines is 1. The van der Waals surface area contributed by atoms with Gasteiger partial charge in [0, 0.05) is 35.4 Å². The molecule has 9 nitrogen and oxygen atoms in total. The Kier molecular flexibility index (Phi) is 7.23. The Balaban J connectivity index is 1.59. The van der Waals surface area contributed by atoms with Crippen LogP contribution in [0.5, 0.6) is 5.88 Å². The number of nitrogens with zero attached hydrogens (tertiary/aromatic N) is 1. The van der Waals surface area contributed by atoms with E-state index in [0.29, 0.717) is 34.5 Å². The summed E-state index contributed by atoms with van der Waals surface area (Å²) < 4.78 is 5.08. The molecule has 10 heteroatoms. The second kappa shape index (κ2) is 10.5. The number of rotatable bonds is 8. The average molecular weight is 492 g/mol. The van der Waals surface area contributed by atoms with Crippen LogP contribution in [0.25, 0.3) is 10.9 Å². The van der Waals surface area contributed by atoms with Gasteiger partial charge in [0.2, 0.25) is 5.88 Å². The van der Waals surface area contributed by atoms with Gasteiger partial charge in [-0.05, 0) is 52.6 Å². The van der Waals surface area contributed by atoms with E-state index in [0.717, 1.165) is 11.1 Å². The Morgan fingerprint density at radius 2 is 2.03 bits per heavy atom. The normalized spacial score (nSPS) is 11.7. The molecule has 180 valence electrons. The average Bonchev–Trinajstić information content (AvgIpc) is 3.41. The molecule has 5 N–H and O–H groups in total. The maximum atomic E-state index is 13.0. The molecular weight excluding hydrogens is 466 g/mol. The van der Waals surface area contributed by atoms with Crippen LogP contribution in [0.1, 0.15) is 44.8 Å². The van der Waals surface area contributed by atoms with Crippen LogP contribution in [-0.2, 0) is 6.42 Å². The molecule has 0 radical (unpaired) electrons. The summed E-state index contributed by atoms with van der Waals surface area (Å²) in [5.74, 6) is -0.549. The molecular formula is C25H25N5O4S. The van der Waals surface area contributed by atoms with Crippen molar-refractivity contribution in [2.45, 2.75) is 19.4 Å². The maximum absolute atomic E-state index is 13.0. The topological polar surface area (TPSA) is 139 Å². The van der Waals surface area contributed by atoms with Gasteiger partial charge in [0.1, 0.15) is 5.56 Å². The first-order chi connectivity index (χ1) is 16.9. The largest absolute Gasteiger partial charge is 0.481 e. The number of methoxy groups -OCH3 is 1. The Labute approximate surface area is 205 Å². The first kappa shape index (κ1) is 24.1. The minimum atomic E-state index is -0.589. The van der Waals surface area contributed by atoms with Gasteiger partial charge in [0.25, 0.3) is 17.4 Å². The lowest BCUT2D eigenvalue weighted by Gasteiger charge is -2.17. The van der Waals surface area contributed by atoms with Crippen LogP contribution in [0.15, 0.2) is 58.1 Å². The second-order valence-electron chi connectivity index (χ2n) is 7.82. The van der Waals surface area contributed by atoms with E-state index in [1.807, 2.05) is 23.8 Å². The number of carbonyl (C=O) groups excluding carboxylic acids is 2. The first-order valence-corrected chi connectivity index (χ1v) is 11.9. The molecule has 1 unspecified atom stereocenters. The van der Waals surface area contributed by atoms with Crippen LogP contribution in [0.4, 0.5) is 5.69 Å². The minimum Gasteiger partial charge on any atom is -0.481 e. The van der Waals surface area contributed by atoms with Crippen molar-refractivity contribution in [2.24, 2.45) is 5.73 Å². The van der Waals surface area contributed by atoms with E-state index in [1.54, 1.807) is 24.3 Å². The van der Waals surface area contributed by atoms with Crippen molar-refractivity contribution in [1.82, 2.24) is 15.3 Å². The van der Waals surface area contributed by atoms with Crippen molar-refractivity contribution >= 4 is 39.7 Å². The standard InChI is InChI=1S/C25H25N5O4S/c1-3-14-4-5-15(23(31)30-21(11-26)16-6-7-35-13-16)9-19(14)28-24(32)18-8-17-12-27-22(34-2)10-20(17)29-25(18)33/h4-10,12-13,21H,3,11,26H2,1-2H3,(H,28,32)(H,29,33)(H,30,31). The summed E-state index contributed by atoms with van der Waals surface area (Å²) in [7, 11) is 1.48. The first-order valence-electron chi connectivity index (χ1n) is 11.0. The number of amides is 2. The lowest BCUT2D eigenvalue weighted by atomic mass is 10.0. The molecule has 1 atom stereocenters. The fourth-order valence-corrected chi connectivity index (χ4v) is 4.40. The third-order valence-corrected chi connectivity index (χ3v) is 6.35. The van der Waals surface area contributed by atoms with Gasteiger partial charge in [0.05, 0.1) is 18.7 Å². The van der Waals surface area contributed by atoms with Crippen molar-refractivity contribution in [3.05, 3.63) is 86.0 Å². The van der Waals surface area contributed by atoms with Crippen LogP contribution < -0.4 is 26.7 Å². The maximum Gasteiger partial charge on any atom is 0.261 e. The fourth-order valence-electron chi connectivity index (χ4n) is 3.69. The predicted molar refractivity (Wildman–Crippen MR) is 136 cm³/mol. The van der Waals surface area contributed by atoms with Gasteiger partial charge in [-0.15, -0.1) is 0 Å². The van der Waals surface area contributed by atoms with E-state index >= 15 is 0 Å². The number of aromatic nitrogens is 2. The zero-order valence-electron chi connectivity index (χ0n) is 19.3. The molecule has 0 saturated heterocycles. The van der Waals surface area contributed by atoms with Crippen molar-refractivity contribution in [1.29, 1.82) is 0 Å². The highest BCUT2D eigenvalue weighted by atomic mass is 32.1. The Morgan fingerprint density at radius 1 is 1.20 bits per heavy atom. The smallest absolute Gasteiger partial charge is 0.261 e. The number of H-pyrrole nitrogens is 1. The quantitative estimate of drug-likeness (QED) is 0.298. The van der Waals surface area contributed by atoms with E-state index in [9.17, 15) is 14.4 Å². The van der Waals surface area contributed by atoms with Crippen molar-refractivity contribution in [3.63, 3.8) is 0 Å². The van der Waals surface area contributed by atoms with E-state index < -0.39 is 11.5 Å². The summed E-state index contributed by atoms with van der Waals surface area (Å²) in [4.78, 5) is 45.4. The highest BCUT2D eigenvalue weighted by Gasteiger charge is 2.18. The monoisotopic (exact) mass is 491 g/mol. The van der Waals surface area contributed by atoms with Crippen LogP contribution >= 0.6 is 11.3 Å². The lowest BCUT2D eigenvalue weighted by molar-refractivity contribution is 0.0936. The highest BCUT2D eigenvalue weighted by molar-refractivity contribution is 7.08. The van der Waals surface area contributed by atoms with Crippen molar-refractivity contribution in [2.75, 3.05) is 19.0 Å². The molecule has 0 aliphatic heterocycles. The number of nitrogens with two attached hydrogens (primary N) is 1. The number of nitrogens with one attached hydrogen (secondary N) is 3. The zero-order valence-corrected chi connectivity index (χ0v) is 20.1. The Hall–Kier alpha value is -4.02. The molecule has 4 aromatic rings. The summed E-state index contributed by atoms with van der Waals surface area (Å²) in [6.07, 6.45) is 2.14. The van der Waals surface area contributed by atoms with Gasteiger partial charge in [-0.3, -0.25) is 14.4 Å². The summed E-state index contributed by atoms with van der Waals surface area (Å²) >= 11 is 1.53. The molecule has 0 saturated carbocycles. The molecule has 0 bridgehead atoms. The Bertz CT molecular complexity index is 1430. The van der Waals surface area contributed by atoms with Crippen LogP contribution in [0.3, 0.4) is 0 Å². The predicted octanol–water partition coefficient (Wildman–Crippen LogP) is 3.24. The Morgan fingerprint density at radius 3 is 2.71 bits per heavy atom. The second-order valence-corrected chi connectivity index (χ2v) is 8.60. The number of hydrogen-bond donors (Lipinski definition) is 4. The molecule has 0 aliphatic rings. The van der Waals surface area contributed by atoms with Crippen LogP contribution in [-0.4, -0.2) is 35.4 Å². The molecule has 0 aliphatic carbocycles. The van der Waals surface area contributed by atoms with Gasteiger partial charge < -0.3 is 26.1 Å². The molecule has 35 heavy (non-hydrogen) atoms. The van der Waals surface area contributed by atoms with Crippen molar-refractivity contribution < 1.29 is 14.3 Å². The van der Waals surface area contributed by atoms with Crippen molar-refractivity contribution in [3.8, 4) is 5.88 Å². The molecule has 1 aromatic carbocycles. The number of carbonyl (C=O) groups is 2. The number of hydrogen-bond acceptors (Lipinski definition) is 7. The lowest BCUT2D eigenvalue weighted by Crippen LogP contribution is -2.33. The molecule has 3 heterocycles. The number of aryl methyl sites for hydroxylation is 1. The van der Waals surface area contributed by atoms with E-state index in [2.05, 4.69) is 20.6 Å². The SMILES string of the molecule is CCc1ccc(C(=O)NC(CN)c2ccsc2)cc1NC(=O)c1cc2cnc(OC)cc2[nH]c1=O. The highest BCUT2D eigenvalue weighted by Crippen LogP contribution is 2.22. The molecule has 2 amide bonds. The van der Waals surface area contributed by atoms with E-state index in [1.165, 1.54) is 30.7 Å². The number of aromatic amines is 1. The molecule has 0 spiro atoms. The van der Waals surface area contributed by atoms with Gasteiger partial charge in [-0.2, -0.15) is 11.3 Å². The summed E-state index contributed by atoms with van der Waals surface area (Å²) in [5.41, 5.74) is 8.34. The van der Waals surface area contributed by atoms with Gasteiger partial charge >= 0.3 is 0 Å². The van der Waals surface area contributed by atoms with Gasteiger partial charge in [0.15, 0.2) is 0 Å². The summed E-state index contributed by atoms with van der Waals surface area (Å²) in [5, 5.41) is 10.2. The zero-order chi connectivity index (χ0) is 24.9. The van der Waals surface area contributed by atoms with Crippen LogP contribution in [0.2, 0.25) is 0 Å². The summed E-state index contributed by atoms with van der Waals surface area (Å²) in [6, 6.07) is 9.75. The summed E-state index contributed by atoms with van der Waals surface area (Å²) in [6.45, 7) is 2.19. The molecule has 3 aromatic heterocycles. The molecule has 0 fully saturated rings. The number of fused-ring (bicyclic) bond motifs is 1. The number of ether oxygens (including phenoxy) is 1. The number of benzene rings is 1. The molecule has 4 rings (SSSR count). The fraction of sp³-hybridized carbons (Fsp3) is 0.200. The van der Waals surface area contributed by atoms with E-state index in [4.69, 9.17) is 10.5 Å². The van der Waals surface area contributed by atoms with Crippen LogP contribution in [0, 0.1) is 0 Å². The number of pyridine rings is 2.